The van der Waals surface area contributed by atoms with Gasteiger partial charge in [-0.05, 0) is 6.07 Å². The molecular weight excluding hydrogens is 229 g/mol. The molecule has 0 aliphatic heterocycles. The molecule has 0 heterocycles. The number of carbonyl (C=O) groups is 1. The van der Waals surface area contributed by atoms with Gasteiger partial charge in [0.05, 0.1) is 0 Å². The number of aliphatic carboxylic acids is 1. The molecule has 0 radical (unpaired) electrons. The number of benzene rings is 1. The molecule has 0 amide bonds. The number of hydrogen-bond donors (Lipinski definition) is 2. The van der Waals surface area contributed by atoms with Crippen LogP contribution >= 0.6 is 0 Å². The Morgan fingerprint density at radius 2 is 1.88 bits per heavy atom. The molecule has 1 atom stereocenters. The molecule has 88 valence electrons. The Hall–Kier alpha value is -1.76. The van der Waals surface area contributed by atoms with E-state index in [0.29, 0.717) is 0 Å². The quantitative estimate of drug-likeness (QED) is 0.838. The van der Waals surface area contributed by atoms with Crippen molar-refractivity contribution in [2.75, 3.05) is 0 Å². The summed E-state index contributed by atoms with van der Waals surface area (Å²) >= 11 is 0. The molecule has 1 rings (SSSR count). The molecule has 1 aromatic carbocycles. The molecule has 0 saturated heterocycles. The molecule has 7 heteroatoms. The molecule has 0 aromatic heterocycles. The predicted molar refractivity (Wildman–Crippen MR) is 45.7 cm³/mol. The van der Waals surface area contributed by atoms with Crippen molar-refractivity contribution in [3.8, 4) is 5.75 Å². The molecule has 1 aromatic rings. The van der Waals surface area contributed by atoms with E-state index in [1.807, 2.05) is 0 Å². The summed E-state index contributed by atoms with van der Waals surface area (Å²) in [6, 6.07) is 4.50. The lowest BCUT2D eigenvalue weighted by Crippen LogP contribution is -2.20. The minimum Gasteiger partial charge on any atom is -0.479 e. The number of rotatable bonds is 3. The second-order valence-electron chi connectivity index (χ2n) is 2.83. The van der Waals surface area contributed by atoms with Crippen molar-refractivity contribution in [2.45, 2.75) is 12.5 Å². The van der Waals surface area contributed by atoms with Gasteiger partial charge >= 0.3 is 12.3 Å². The SMILES string of the molecule is O=C(O)C(O)c1ccccc1OC(F)(F)F. The highest BCUT2D eigenvalue weighted by molar-refractivity contribution is 5.75. The lowest BCUT2D eigenvalue weighted by Gasteiger charge is -2.14. The molecule has 0 spiro atoms. The van der Waals surface area contributed by atoms with Crippen LogP contribution in [0.25, 0.3) is 0 Å². The smallest absolute Gasteiger partial charge is 0.479 e. The zero-order chi connectivity index (χ0) is 12.3. The van der Waals surface area contributed by atoms with Crippen LogP contribution in [0.1, 0.15) is 11.7 Å². The van der Waals surface area contributed by atoms with Crippen LogP contribution in [0.4, 0.5) is 13.2 Å². The Morgan fingerprint density at radius 1 is 1.31 bits per heavy atom. The second kappa shape index (κ2) is 4.40. The summed E-state index contributed by atoms with van der Waals surface area (Å²) in [5.74, 6) is -2.39. The van der Waals surface area contributed by atoms with Crippen molar-refractivity contribution in [1.29, 1.82) is 0 Å². The molecule has 4 nitrogen and oxygen atoms in total. The lowest BCUT2D eigenvalue weighted by atomic mass is 10.1. The number of para-hydroxylation sites is 1. The summed E-state index contributed by atoms with van der Waals surface area (Å²) < 4.78 is 39.4. The fraction of sp³-hybridized carbons (Fsp3) is 0.222. The van der Waals surface area contributed by atoms with E-state index in [-0.39, 0.29) is 0 Å². The van der Waals surface area contributed by atoms with Crippen LogP contribution in [0, 0.1) is 0 Å². The summed E-state index contributed by atoms with van der Waals surface area (Å²) in [5, 5.41) is 17.6. The van der Waals surface area contributed by atoms with E-state index >= 15 is 0 Å². The van der Waals surface area contributed by atoms with Gasteiger partial charge in [-0.2, -0.15) is 0 Å². The van der Waals surface area contributed by atoms with Gasteiger partial charge in [0.1, 0.15) is 5.75 Å². The summed E-state index contributed by atoms with van der Waals surface area (Å²) in [6.45, 7) is 0. The molecule has 0 bridgehead atoms. The van der Waals surface area contributed by atoms with Gasteiger partial charge in [-0.15, -0.1) is 13.2 Å². The zero-order valence-electron chi connectivity index (χ0n) is 7.73. The van der Waals surface area contributed by atoms with Crippen LogP contribution < -0.4 is 4.74 Å². The highest BCUT2D eigenvalue weighted by Crippen LogP contribution is 2.30. The number of hydrogen-bond acceptors (Lipinski definition) is 3. The topological polar surface area (TPSA) is 66.8 Å². The van der Waals surface area contributed by atoms with Gasteiger partial charge in [0, 0.05) is 5.56 Å². The first-order valence-electron chi connectivity index (χ1n) is 4.07. The molecule has 1 unspecified atom stereocenters. The number of carboxylic acids is 1. The van der Waals surface area contributed by atoms with E-state index in [2.05, 4.69) is 4.74 Å². The normalized spacial score (nSPS) is 13.2. The van der Waals surface area contributed by atoms with Gasteiger partial charge in [-0.25, -0.2) is 4.79 Å². The summed E-state index contributed by atoms with van der Waals surface area (Å²) in [4.78, 5) is 10.4. The Kier molecular flexibility index (Phi) is 3.38. The van der Waals surface area contributed by atoms with E-state index in [1.54, 1.807) is 0 Å². The monoisotopic (exact) mass is 236 g/mol. The standard InChI is InChI=1S/C9H7F3O4/c10-9(11,12)16-6-4-2-1-3-5(6)7(13)8(14)15/h1-4,7,13H,(H,14,15). The Labute approximate surface area is 87.9 Å². The maximum atomic E-state index is 11.9. The number of halogens is 3. The van der Waals surface area contributed by atoms with Crippen LogP contribution in [-0.4, -0.2) is 22.5 Å². The van der Waals surface area contributed by atoms with Crippen molar-refractivity contribution >= 4 is 5.97 Å². The predicted octanol–water partition coefficient (Wildman–Crippen LogP) is 1.70. The first-order valence-corrected chi connectivity index (χ1v) is 4.07. The number of carboxylic acid groups (broad SMARTS) is 1. The van der Waals surface area contributed by atoms with Crippen LogP contribution in [0.2, 0.25) is 0 Å². The average molecular weight is 236 g/mol. The Bertz CT molecular complexity index is 389. The minimum absolute atomic E-state index is 0.452. The van der Waals surface area contributed by atoms with Crippen LogP contribution in [-0.2, 0) is 4.79 Å². The fourth-order valence-corrected chi connectivity index (χ4v) is 1.06. The molecular formula is C9H7F3O4. The fourth-order valence-electron chi connectivity index (χ4n) is 1.06. The third kappa shape index (κ3) is 3.13. The first kappa shape index (κ1) is 12.3. The number of alkyl halides is 3. The minimum atomic E-state index is -4.94. The van der Waals surface area contributed by atoms with Crippen LogP contribution in [0.3, 0.4) is 0 Å². The average Bonchev–Trinajstić information content (AvgIpc) is 2.15. The summed E-state index contributed by atoms with van der Waals surface area (Å²) in [7, 11) is 0. The number of aliphatic hydroxyl groups is 1. The highest BCUT2D eigenvalue weighted by Gasteiger charge is 2.33. The molecule has 16 heavy (non-hydrogen) atoms. The largest absolute Gasteiger partial charge is 0.573 e. The van der Waals surface area contributed by atoms with Gasteiger partial charge in [0.15, 0.2) is 6.10 Å². The van der Waals surface area contributed by atoms with E-state index in [1.165, 1.54) is 12.1 Å². The van der Waals surface area contributed by atoms with E-state index in [9.17, 15) is 18.0 Å². The summed E-state index contributed by atoms with van der Waals surface area (Å²) in [6.07, 6.45) is -6.99. The second-order valence-corrected chi connectivity index (χ2v) is 2.83. The van der Waals surface area contributed by atoms with Gasteiger partial charge in [0.2, 0.25) is 0 Å². The van der Waals surface area contributed by atoms with E-state index in [4.69, 9.17) is 10.2 Å². The van der Waals surface area contributed by atoms with Gasteiger partial charge in [0.25, 0.3) is 0 Å². The van der Waals surface area contributed by atoms with Crippen molar-refractivity contribution in [2.24, 2.45) is 0 Å². The highest BCUT2D eigenvalue weighted by atomic mass is 19.4. The maximum Gasteiger partial charge on any atom is 0.573 e. The third-order valence-electron chi connectivity index (χ3n) is 1.67. The van der Waals surface area contributed by atoms with Gasteiger partial charge in [-0.3, -0.25) is 0 Å². The third-order valence-corrected chi connectivity index (χ3v) is 1.67. The van der Waals surface area contributed by atoms with Crippen molar-refractivity contribution in [3.05, 3.63) is 29.8 Å². The van der Waals surface area contributed by atoms with Crippen LogP contribution in [0.15, 0.2) is 24.3 Å². The number of ether oxygens (including phenoxy) is 1. The summed E-state index contributed by atoms with van der Waals surface area (Å²) in [5.41, 5.74) is -0.452. The molecule has 2 N–H and O–H groups in total. The van der Waals surface area contributed by atoms with Crippen molar-refractivity contribution in [3.63, 3.8) is 0 Å². The zero-order valence-corrected chi connectivity index (χ0v) is 7.73. The first-order chi connectivity index (χ1) is 7.31. The van der Waals surface area contributed by atoms with Crippen LogP contribution in [0.5, 0.6) is 5.75 Å². The number of aliphatic hydroxyl groups excluding tert-OH is 1. The van der Waals surface area contributed by atoms with Gasteiger partial charge in [-0.1, -0.05) is 18.2 Å². The van der Waals surface area contributed by atoms with Crippen molar-refractivity contribution in [1.82, 2.24) is 0 Å². The van der Waals surface area contributed by atoms with Gasteiger partial charge < -0.3 is 14.9 Å². The lowest BCUT2D eigenvalue weighted by molar-refractivity contribution is -0.275. The Balaban J connectivity index is 3.05. The molecule has 0 aliphatic rings. The molecule has 0 aliphatic carbocycles. The molecule has 0 saturated carbocycles. The Morgan fingerprint density at radius 3 is 2.38 bits per heavy atom. The maximum absolute atomic E-state index is 11.9. The molecule has 0 fully saturated rings. The van der Waals surface area contributed by atoms with E-state index in [0.717, 1.165) is 12.1 Å². The van der Waals surface area contributed by atoms with Crippen molar-refractivity contribution < 1.29 is 32.9 Å². The van der Waals surface area contributed by atoms with E-state index < -0.39 is 29.7 Å².